The fourth-order valence-electron chi connectivity index (χ4n) is 3.19. The Morgan fingerprint density at radius 2 is 2.05 bits per heavy atom. The lowest BCUT2D eigenvalue weighted by Gasteiger charge is -2.03. The number of esters is 1. The first-order chi connectivity index (χ1) is 9.43. The van der Waals surface area contributed by atoms with Crippen molar-refractivity contribution in [2.45, 2.75) is 38.3 Å². The van der Waals surface area contributed by atoms with E-state index in [1.165, 1.54) is 6.92 Å². The summed E-state index contributed by atoms with van der Waals surface area (Å²) in [5.41, 5.74) is -1.27. The second-order valence-electron chi connectivity index (χ2n) is 5.23. The number of hydrogen-bond donors (Lipinski definition) is 0. The molecule has 0 aliphatic heterocycles. The number of fused-ring (bicyclic) bond motifs is 1. The summed E-state index contributed by atoms with van der Waals surface area (Å²) in [6.07, 6.45) is -1.63. The van der Waals surface area contributed by atoms with E-state index in [1.54, 1.807) is 0 Å². The number of carbonyl (C=O) groups excluding carboxylic acids is 1. The summed E-state index contributed by atoms with van der Waals surface area (Å²) in [7, 11) is 0. The third-order valence-corrected chi connectivity index (χ3v) is 4.06. The molecule has 1 aromatic heterocycles. The van der Waals surface area contributed by atoms with E-state index in [4.69, 9.17) is 4.42 Å². The van der Waals surface area contributed by atoms with Crippen LogP contribution in [0.25, 0.3) is 0 Å². The van der Waals surface area contributed by atoms with E-state index in [0.29, 0.717) is 11.8 Å². The molecule has 2 aliphatic carbocycles. The number of nitrogens with zero attached hydrogens (tertiary/aromatic N) is 1. The van der Waals surface area contributed by atoms with E-state index in [2.05, 4.69) is 9.72 Å². The van der Waals surface area contributed by atoms with Gasteiger partial charge in [-0.15, -0.1) is 0 Å². The van der Waals surface area contributed by atoms with E-state index >= 15 is 0 Å². The maximum Gasteiger partial charge on any atom is 0.437 e. The molecule has 2 aliphatic rings. The van der Waals surface area contributed by atoms with Gasteiger partial charge in [0.1, 0.15) is 0 Å². The van der Waals surface area contributed by atoms with Crippen LogP contribution in [0.4, 0.5) is 13.2 Å². The zero-order valence-electron chi connectivity index (χ0n) is 10.9. The molecule has 0 radical (unpaired) electrons. The van der Waals surface area contributed by atoms with Gasteiger partial charge in [0, 0.05) is 5.92 Å². The van der Waals surface area contributed by atoms with Crippen LogP contribution in [0.5, 0.6) is 0 Å². The van der Waals surface area contributed by atoms with E-state index in [9.17, 15) is 18.0 Å². The van der Waals surface area contributed by atoms with Crippen LogP contribution in [0.15, 0.2) is 4.42 Å². The van der Waals surface area contributed by atoms with E-state index in [-0.39, 0.29) is 18.4 Å². The molecule has 2 atom stereocenters. The summed E-state index contributed by atoms with van der Waals surface area (Å²) in [4.78, 5) is 15.1. The Kier molecular flexibility index (Phi) is 3.02. The number of aromatic nitrogens is 1. The second-order valence-corrected chi connectivity index (χ2v) is 5.23. The molecule has 4 nitrogen and oxygen atoms in total. The number of rotatable bonds is 3. The smallest absolute Gasteiger partial charge is 0.437 e. The molecular formula is C13H14F3NO3. The molecule has 0 aromatic carbocycles. The minimum absolute atomic E-state index is 0.0131. The number of oxazole rings is 1. The van der Waals surface area contributed by atoms with Crippen molar-refractivity contribution >= 4 is 5.97 Å². The zero-order valence-corrected chi connectivity index (χ0v) is 10.9. The predicted molar refractivity (Wildman–Crippen MR) is 61.0 cm³/mol. The van der Waals surface area contributed by atoms with Crippen molar-refractivity contribution in [3.63, 3.8) is 0 Å². The van der Waals surface area contributed by atoms with Crippen molar-refractivity contribution in [3.8, 4) is 0 Å². The van der Waals surface area contributed by atoms with E-state index in [1.807, 2.05) is 0 Å². The summed E-state index contributed by atoms with van der Waals surface area (Å²) in [5, 5.41) is 0. The SMILES string of the molecule is CCOC(=O)c1oc(C2C3CCCC32)nc1C(F)(F)F. The first kappa shape index (κ1) is 13.5. The van der Waals surface area contributed by atoms with Crippen LogP contribution >= 0.6 is 0 Å². The van der Waals surface area contributed by atoms with Crippen LogP contribution in [-0.4, -0.2) is 17.6 Å². The fourth-order valence-corrected chi connectivity index (χ4v) is 3.19. The maximum absolute atomic E-state index is 12.9. The Morgan fingerprint density at radius 1 is 1.40 bits per heavy atom. The van der Waals surface area contributed by atoms with Gasteiger partial charge in [-0.05, 0) is 31.6 Å². The Morgan fingerprint density at radius 3 is 2.60 bits per heavy atom. The predicted octanol–water partition coefficient (Wildman–Crippen LogP) is 3.38. The molecule has 3 rings (SSSR count). The van der Waals surface area contributed by atoms with Gasteiger partial charge < -0.3 is 9.15 Å². The normalized spacial score (nSPS) is 28.3. The largest absolute Gasteiger partial charge is 0.460 e. The molecule has 1 aromatic rings. The van der Waals surface area contributed by atoms with Crippen LogP contribution in [0.2, 0.25) is 0 Å². The number of carbonyl (C=O) groups is 1. The molecule has 2 saturated carbocycles. The molecule has 20 heavy (non-hydrogen) atoms. The highest BCUT2D eigenvalue weighted by atomic mass is 19.4. The minimum atomic E-state index is -4.71. The Balaban J connectivity index is 1.92. The molecule has 2 fully saturated rings. The Labute approximate surface area is 113 Å². The lowest BCUT2D eigenvalue weighted by molar-refractivity contribution is -0.141. The van der Waals surface area contributed by atoms with Gasteiger partial charge in [0.05, 0.1) is 6.61 Å². The van der Waals surface area contributed by atoms with Gasteiger partial charge in [0.15, 0.2) is 11.6 Å². The number of alkyl halides is 3. The van der Waals surface area contributed by atoms with Gasteiger partial charge in [-0.25, -0.2) is 9.78 Å². The van der Waals surface area contributed by atoms with Crippen LogP contribution in [0.3, 0.4) is 0 Å². The van der Waals surface area contributed by atoms with Gasteiger partial charge in [-0.1, -0.05) is 6.42 Å². The number of halogens is 3. The molecule has 0 amide bonds. The van der Waals surface area contributed by atoms with Crippen LogP contribution in [0.1, 0.15) is 54.2 Å². The molecule has 1 heterocycles. The molecule has 0 saturated heterocycles. The van der Waals surface area contributed by atoms with Crippen LogP contribution in [0, 0.1) is 11.8 Å². The van der Waals surface area contributed by atoms with E-state index < -0.39 is 23.6 Å². The highest BCUT2D eigenvalue weighted by Gasteiger charge is 2.57. The van der Waals surface area contributed by atoms with Crippen molar-refractivity contribution in [1.29, 1.82) is 0 Å². The van der Waals surface area contributed by atoms with Gasteiger partial charge in [-0.3, -0.25) is 0 Å². The molecule has 0 N–H and O–H groups in total. The van der Waals surface area contributed by atoms with Crippen molar-refractivity contribution < 1.29 is 27.1 Å². The first-order valence-electron chi connectivity index (χ1n) is 6.68. The lowest BCUT2D eigenvalue weighted by atomic mass is 10.1. The summed E-state index contributed by atoms with van der Waals surface area (Å²) in [5.74, 6) is -1.22. The standard InChI is InChI=1S/C13H14F3NO3/c1-2-19-12(18)9-10(13(14,15)16)17-11(20-9)8-6-4-3-5-7(6)8/h6-8H,2-5H2,1H3. The third kappa shape index (κ3) is 2.09. The highest BCUT2D eigenvalue weighted by Crippen LogP contribution is 2.63. The van der Waals surface area contributed by atoms with Gasteiger partial charge in [0.2, 0.25) is 5.76 Å². The van der Waals surface area contributed by atoms with Crippen molar-refractivity contribution in [1.82, 2.24) is 4.98 Å². The summed E-state index contributed by atoms with van der Waals surface area (Å²) in [6, 6.07) is 0. The Hall–Kier alpha value is -1.53. The average molecular weight is 289 g/mol. The fraction of sp³-hybridized carbons (Fsp3) is 0.692. The lowest BCUT2D eigenvalue weighted by Crippen LogP contribution is -2.14. The van der Waals surface area contributed by atoms with Crippen molar-refractivity contribution in [3.05, 3.63) is 17.3 Å². The molecule has 0 bridgehead atoms. The zero-order chi connectivity index (χ0) is 14.5. The van der Waals surface area contributed by atoms with Gasteiger partial charge in [0.25, 0.3) is 0 Å². The molecule has 7 heteroatoms. The first-order valence-corrected chi connectivity index (χ1v) is 6.68. The second kappa shape index (κ2) is 4.49. The van der Waals surface area contributed by atoms with Crippen LogP contribution in [-0.2, 0) is 10.9 Å². The number of hydrogen-bond acceptors (Lipinski definition) is 4. The Bertz CT molecular complexity index is 527. The highest BCUT2D eigenvalue weighted by molar-refractivity contribution is 5.87. The maximum atomic E-state index is 12.9. The third-order valence-electron chi connectivity index (χ3n) is 4.06. The topological polar surface area (TPSA) is 52.3 Å². The molecule has 0 spiro atoms. The number of ether oxygens (including phenoxy) is 1. The average Bonchev–Trinajstić information content (AvgIpc) is 2.81. The quantitative estimate of drug-likeness (QED) is 0.800. The monoisotopic (exact) mass is 289 g/mol. The van der Waals surface area contributed by atoms with Crippen LogP contribution < -0.4 is 0 Å². The van der Waals surface area contributed by atoms with Gasteiger partial charge in [-0.2, -0.15) is 13.2 Å². The molecule has 110 valence electrons. The minimum Gasteiger partial charge on any atom is -0.460 e. The summed E-state index contributed by atoms with van der Waals surface area (Å²) >= 11 is 0. The summed E-state index contributed by atoms with van der Waals surface area (Å²) < 4.78 is 48.4. The van der Waals surface area contributed by atoms with E-state index in [0.717, 1.165) is 19.3 Å². The molecule has 2 unspecified atom stereocenters. The summed E-state index contributed by atoms with van der Waals surface area (Å²) in [6.45, 7) is 1.51. The molecular weight excluding hydrogens is 275 g/mol. The van der Waals surface area contributed by atoms with Crippen molar-refractivity contribution in [2.24, 2.45) is 11.8 Å². The van der Waals surface area contributed by atoms with Crippen molar-refractivity contribution in [2.75, 3.05) is 6.61 Å². The van der Waals surface area contributed by atoms with Gasteiger partial charge >= 0.3 is 12.1 Å².